The van der Waals surface area contributed by atoms with E-state index in [1.54, 1.807) is 6.07 Å². The maximum atomic E-state index is 13.9. The summed E-state index contributed by atoms with van der Waals surface area (Å²) in [4.78, 5) is 21.4. The van der Waals surface area contributed by atoms with Gasteiger partial charge in [0.25, 0.3) is 0 Å². The second-order valence-electron chi connectivity index (χ2n) is 5.39. The highest BCUT2D eigenvalue weighted by atomic mass is 35.5. The monoisotopic (exact) mass is 408 g/mol. The summed E-state index contributed by atoms with van der Waals surface area (Å²) in [6.45, 7) is 3.80. The van der Waals surface area contributed by atoms with E-state index in [1.807, 2.05) is 13.8 Å². The van der Waals surface area contributed by atoms with Crippen LogP contribution in [-0.2, 0) is 0 Å². The van der Waals surface area contributed by atoms with Gasteiger partial charge in [0.05, 0.1) is 6.29 Å². The first kappa shape index (κ1) is 19.9. The molecule has 10 heteroatoms. The number of pyridine rings is 1. The minimum atomic E-state index is -2.26. The zero-order chi connectivity index (χ0) is 18.7. The van der Waals surface area contributed by atoms with Crippen molar-refractivity contribution in [2.24, 2.45) is 0 Å². The normalized spacial score (nSPS) is 11.2. The van der Waals surface area contributed by atoms with E-state index in [-0.39, 0.29) is 34.5 Å². The molecule has 0 fully saturated rings. The van der Waals surface area contributed by atoms with Gasteiger partial charge in [-0.1, -0.05) is 37.0 Å². The summed E-state index contributed by atoms with van der Waals surface area (Å²) in [6.07, 6.45) is -0.251. The second-order valence-corrected chi connectivity index (χ2v) is 7.21. The standard InChI is InChI=1S/C15H16Cl2FN2O4P/c1-7(2)9-5-8(3-4-10(9)21)24-13-11(16)14(18)20-15(12(13)17)19-6-25(22)23/h3-5,7,21-23H,6H2,1-2H3,(H,19,20). The van der Waals surface area contributed by atoms with Crippen molar-refractivity contribution < 1.29 is 24.0 Å². The highest BCUT2D eigenvalue weighted by Gasteiger charge is 2.21. The molecule has 0 amide bonds. The molecule has 0 bridgehead atoms. The summed E-state index contributed by atoms with van der Waals surface area (Å²) in [5.74, 6) is -0.868. The average Bonchev–Trinajstić information content (AvgIpc) is 2.54. The van der Waals surface area contributed by atoms with Gasteiger partial charge in [-0.05, 0) is 24.1 Å². The predicted molar refractivity (Wildman–Crippen MR) is 96.3 cm³/mol. The van der Waals surface area contributed by atoms with Crippen LogP contribution in [-0.4, -0.2) is 26.2 Å². The first-order chi connectivity index (χ1) is 11.7. The average molecular weight is 409 g/mol. The molecule has 0 saturated carbocycles. The molecule has 0 aliphatic heterocycles. The molecule has 0 aliphatic rings. The largest absolute Gasteiger partial charge is 0.508 e. The molecule has 1 heterocycles. The number of anilines is 1. The lowest BCUT2D eigenvalue weighted by molar-refractivity contribution is 0.452. The number of hydrogen-bond donors (Lipinski definition) is 4. The van der Waals surface area contributed by atoms with E-state index in [4.69, 9.17) is 37.7 Å². The first-order valence-corrected chi connectivity index (χ1v) is 9.34. The fourth-order valence-corrected chi connectivity index (χ4v) is 2.78. The molecule has 1 aromatic heterocycles. The Labute approximate surface area is 155 Å². The number of rotatable bonds is 6. The van der Waals surface area contributed by atoms with Crippen LogP contribution < -0.4 is 10.1 Å². The van der Waals surface area contributed by atoms with Gasteiger partial charge in [0.2, 0.25) is 5.95 Å². The minimum Gasteiger partial charge on any atom is -0.508 e. The van der Waals surface area contributed by atoms with Crippen molar-refractivity contribution >= 4 is 37.4 Å². The van der Waals surface area contributed by atoms with E-state index in [9.17, 15) is 9.50 Å². The van der Waals surface area contributed by atoms with E-state index >= 15 is 0 Å². The summed E-state index contributed by atoms with van der Waals surface area (Å²) >= 11 is 12.0. The third-order valence-corrected chi connectivity index (χ3v) is 4.35. The molecule has 4 N–H and O–H groups in total. The van der Waals surface area contributed by atoms with Crippen molar-refractivity contribution in [2.45, 2.75) is 19.8 Å². The lowest BCUT2D eigenvalue weighted by Gasteiger charge is -2.15. The Balaban J connectivity index is 2.40. The quantitative estimate of drug-likeness (QED) is 0.404. The number of nitrogens with zero attached hydrogens (tertiary/aromatic N) is 1. The van der Waals surface area contributed by atoms with Crippen LogP contribution in [0.5, 0.6) is 17.2 Å². The van der Waals surface area contributed by atoms with Crippen LogP contribution in [0.3, 0.4) is 0 Å². The molecule has 0 atom stereocenters. The van der Waals surface area contributed by atoms with E-state index in [0.29, 0.717) is 11.3 Å². The topological polar surface area (TPSA) is 94.8 Å². The smallest absolute Gasteiger partial charge is 0.237 e. The summed E-state index contributed by atoms with van der Waals surface area (Å²) in [7, 11) is -2.26. The number of ether oxygens (including phenoxy) is 1. The van der Waals surface area contributed by atoms with E-state index in [0.717, 1.165) is 0 Å². The Hall–Kier alpha value is -1.37. The molecule has 2 rings (SSSR count). The second kappa shape index (κ2) is 8.34. The van der Waals surface area contributed by atoms with Gasteiger partial charge in [-0.3, -0.25) is 0 Å². The van der Waals surface area contributed by atoms with Crippen LogP contribution in [0.15, 0.2) is 18.2 Å². The van der Waals surface area contributed by atoms with Crippen LogP contribution in [0.4, 0.5) is 10.2 Å². The van der Waals surface area contributed by atoms with Gasteiger partial charge in [-0.15, -0.1) is 0 Å². The number of phenolic OH excluding ortho intramolecular Hbond substituents is 1. The van der Waals surface area contributed by atoms with Crippen LogP contribution in [0.2, 0.25) is 10.0 Å². The Morgan fingerprint density at radius 1 is 1.28 bits per heavy atom. The highest BCUT2D eigenvalue weighted by molar-refractivity contribution is 7.45. The Morgan fingerprint density at radius 2 is 1.96 bits per heavy atom. The molecular weight excluding hydrogens is 393 g/mol. The summed E-state index contributed by atoms with van der Waals surface area (Å²) in [5.41, 5.74) is 0.642. The van der Waals surface area contributed by atoms with Crippen LogP contribution in [0, 0.1) is 5.95 Å². The van der Waals surface area contributed by atoms with E-state index in [2.05, 4.69) is 10.3 Å². The van der Waals surface area contributed by atoms with Gasteiger partial charge >= 0.3 is 0 Å². The van der Waals surface area contributed by atoms with Crippen molar-refractivity contribution in [3.05, 3.63) is 39.8 Å². The van der Waals surface area contributed by atoms with Crippen LogP contribution in [0.25, 0.3) is 0 Å². The number of phenols is 1. The number of benzene rings is 1. The van der Waals surface area contributed by atoms with Gasteiger partial charge in [0.1, 0.15) is 21.5 Å². The Bertz CT molecular complexity index is 778. The molecule has 0 aliphatic carbocycles. The number of aromatic nitrogens is 1. The van der Waals surface area contributed by atoms with E-state index in [1.165, 1.54) is 12.1 Å². The maximum absolute atomic E-state index is 13.9. The number of halogens is 3. The molecule has 2 aromatic rings. The summed E-state index contributed by atoms with van der Waals surface area (Å²) < 4.78 is 19.5. The third-order valence-electron chi connectivity index (χ3n) is 3.23. The highest BCUT2D eigenvalue weighted by Crippen LogP contribution is 2.42. The van der Waals surface area contributed by atoms with Gasteiger partial charge in [-0.25, -0.2) is 0 Å². The number of nitrogens with one attached hydrogen (secondary N) is 1. The van der Waals surface area contributed by atoms with Crippen molar-refractivity contribution in [2.75, 3.05) is 11.6 Å². The third kappa shape index (κ3) is 4.84. The molecule has 0 unspecified atom stereocenters. The predicted octanol–water partition coefficient (Wildman–Crippen LogP) is 4.81. The van der Waals surface area contributed by atoms with Gasteiger partial charge in [0.15, 0.2) is 19.9 Å². The van der Waals surface area contributed by atoms with Crippen molar-refractivity contribution in [1.82, 2.24) is 4.98 Å². The van der Waals surface area contributed by atoms with E-state index < -0.39 is 19.3 Å². The van der Waals surface area contributed by atoms with Gasteiger partial charge in [0, 0.05) is 5.56 Å². The van der Waals surface area contributed by atoms with Crippen molar-refractivity contribution in [3.63, 3.8) is 0 Å². The van der Waals surface area contributed by atoms with Gasteiger partial charge < -0.3 is 24.9 Å². The van der Waals surface area contributed by atoms with Crippen LogP contribution >= 0.6 is 31.6 Å². The zero-order valence-electron chi connectivity index (χ0n) is 13.3. The fraction of sp³-hybridized carbons (Fsp3) is 0.267. The summed E-state index contributed by atoms with van der Waals surface area (Å²) in [6, 6.07) is 4.53. The molecule has 25 heavy (non-hydrogen) atoms. The molecule has 1 aromatic carbocycles. The Morgan fingerprint density at radius 3 is 2.56 bits per heavy atom. The molecule has 0 spiro atoms. The molecule has 6 nitrogen and oxygen atoms in total. The van der Waals surface area contributed by atoms with Crippen molar-refractivity contribution in [1.29, 1.82) is 0 Å². The fourth-order valence-electron chi connectivity index (χ4n) is 2.02. The molecule has 0 radical (unpaired) electrons. The van der Waals surface area contributed by atoms with Crippen molar-refractivity contribution in [3.8, 4) is 17.2 Å². The number of aromatic hydroxyl groups is 1. The number of hydrogen-bond acceptors (Lipinski definition) is 6. The molecule has 0 saturated heterocycles. The van der Waals surface area contributed by atoms with Crippen LogP contribution in [0.1, 0.15) is 25.3 Å². The maximum Gasteiger partial charge on any atom is 0.237 e. The zero-order valence-corrected chi connectivity index (χ0v) is 15.7. The Kier molecular flexibility index (Phi) is 6.65. The SMILES string of the molecule is CC(C)c1cc(Oc2c(Cl)c(F)nc(NCP(O)O)c2Cl)ccc1O. The van der Waals surface area contributed by atoms with Gasteiger partial charge in [-0.2, -0.15) is 9.37 Å². The molecular formula is C15H16Cl2FN2O4P. The summed E-state index contributed by atoms with van der Waals surface area (Å²) in [5, 5.41) is 11.8. The molecule has 136 valence electrons. The first-order valence-electron chi connectivity index (χ1n) is 7.15. The lowest BCUT2D eigenvalue weighted by atomic mass is 10.0. The minimum absolute atomic E-state index is 0.0363. The lowest BCUT2D eigenvalue weighted by Crippen LogP contribution is -2.05.